The number of unbranched alkanes of at least 4 members (excludes halogenated alkanes) is 8. The number of carbonyl (C=O) groups is 4. The number of carbonyl (C=O) groups excluding carboxylic acids is 4. The van der Waals surface area contributed by atoms with Gasteiger partial charge >= 0.3 is 27.4 Å². The SMILES string of the molecule is [2H]OCC1OC(n2cc(C)c(NCCCCCCNC(=O)CCCCCNC(=O)CCCCCNC(=O)CCCCC3SCC4NC(=O)NC43)nc2=O)CC1OP(=O)(OCCC#N)OCC1OC([3H])CC1OP(=O)(OCCC#N)OCCCNCCC[Si](C)(C)OC(C)C. The minimum atomic E-state index is -4.65. The van der Waals surface area contributed by atoms with Gasteiger partial charge in [0, 0.05) is 93.7 Å². The number of aliphatic hydroxyl groups is 1. The normalized spacial score (nSPS) is 23.5. The molecule has 5 amide bonds. The summed E-state index contributed by atoms with van der Waals surface area (Å²) in [4.78, 5) is 66.4. The van der Waals surface area contributed by atoms with E-state index in [1.54, 1.807) is 13.1 Å². The molecule has 5 rings (SSSR count). The van der Waals surface area contributed by atoms with Crippen molar-refractivity contribution in [1.29, 1.82) is 12.0 Å². The number of nitrogens with zero attached hydrogens (tertiary/aromatic N) is 4. The molecule has 4 saturated heterocycles. The van der Waals surface area contributed by atoms with Crippen LogP contribution in [0, 0.1) is 29.6 Å². The van der Waals surface area contributed by atoms with Gasteiger partial charge in [0.05, 0.1) is 71.5 Å². The maximum atomic E-state index is 14.4. The van der Waals surface area contributed by atoms with Crippen molar-refractivity contribution >= 4 is 65.3 Å². The Morgan fingerprint density at radius 2 is 1.39 bits per heavy atom. The third kappa shape index (κ3) is 30.3. The highest BCUT2D eigenvalue weighted by Gasteiger charge is 2.46. The Hall–Kier alpha value is -4.07. The molecule has 0 aliphatic carbocycles. The molecule has 92 heavy (non-hydrogen) atoms. The van der Waals surface area contributed by atoms with Crippen molar-refractivity contribution in [2.75, 3.05) is 90.0 Å². The summed E-state index contributed by atoms with van der Waals surface area (Å²) in [6.45, 7) is 11.0. The van der Waals surface area contributed by atoms with Gasteiger partial charge in [-0.05, 0) is 117 Å². The Kier molecular flexibility index (Phi) is 35.3. The molecule has 32 heteroatoms. The zero-order valence-electron chi connectivity index (χ0n) is 56.6. The van der Waals surface area contributed by atoms with Crippen LogP contribution in [0.3, 0.4) is 0 Å². The number of hydrogen-bond acceptors (Lipinski definition) is 23. The number of fused-ring (bicyclic) bond motifs is 1. The third-order valence-electron chi connectivity index (χ3n) is 15.7. The van der Waals surface area contributed by atoms with Gasteiger partial charge in [0.2, 0.25) is 19.2 Å². The van der Waals surface area contributed by atoms with Crippen LogP contribution in [0.25, 0.3) is 0 Å². The number of thioether (sulfide) groups is 1. The number of phosphoric ester groups is 2. The zero-order chi connectivity index (χ0) is 68.2. The quantitative estimate of drug-likeness (QED) is 0.0134. The lowest BCUT2D eigenvalue weighted by Crippen LogP contribution is -2.36. The number of amides is 5. The number of aliphatic hydroxyl groups excluding tert-OH is 1. The maximum absolute atomic E-state index is 14.4. The van der Waals surface area contributed by atoms with Crippen LogP contribution in [0.5, 0.6) is 0 Å². The number of urea groups is 1. The number of phosphoric acid groups is 2. The van der Waals surface area contributed by atoms with E-state index in [0.717, 1.165) is 108 Å². The molecule has 28 nitrogen and oxygen atoms in total. The zero-order valence-corrected chi connectivity index (χ0v) is 58.2. The molecule has 8 N–H and O–H groups in total. The number of hydrogen-bond donors (Lipinski definition) is 8. The van der Waals surface area contributed by atoms with Gasteiger partial charge in [-0.2, -0.15) is 27.3 Å². The predicted octanol–water partition coefficient (Wildman–Crippen LogP) is 7.67. The van der Waals surface area contributed by atoms with Gasteiger partial charge in [0.25, 0.3) is 0 Å². The van der Waals surface area contributed by atoms with Crippen LogP contribution in [0.2, 0.25) is 19.1 Å². The minimum Gasteiger partial charge on any atom is -0.415 e. The van der Waals surface area contributed by atoms with Gasteiger partial charge in [-0.25, -0.2) is 18.7 Å². The van der Waals surface area contributed by atoms with Crippen LogP contribution >= 0.6 is 27.4 Å². The Morgan fingerprint density at radius 1 is 0.804 bits per heavy atom. The number of anilines is 1. The van der Waals surface area contributed by atoms with Crippen molar-refractivity contribution in [3.8, 4) is 12.1 Å². The van der Waals surface area contributed by atoms with E-state index in [1.165, 1.54) is 4.57 Å². The molecule has 1 aromatic rings. The second-order valence-electron chi connectivity index (χ2n) is 24.4. The Bertz CT molecular complexity index is 2710. The van der Waals surface area contributed by atoms with Crippen LogP contribution in [-0.4, -0.2) is 181 Å². The van der Waals surface area contributed by atoms with Crippen LogP contribution in [0.1, 0.15) is 168 Å². The Morgan fingerprint density at radius 3 is 2.02 bits per heavy atom. The van der Waals surface area contributed by atoms with E-state index in [-0.39, 0.29) is 94.1 Å². The van der Waals surface area contributed by atoms with Crippen molar-refractivity contribution in [3.63, 3.8) is 0 Å². The number of rotatable bonds is 52. The van der Waals surface area contributed by atoms with Crippen LogP contribution in [0.4, 0.5) is 10.6 Å². The van der Waals surface area contributed by atoms with Crippen molar-refractivity contribution in [2.24, 2.45) is 0 Å². The summed E-state index contributed by atoms with van der Waals surface area (Å²) < 4.78 is 97.8. The van der Waals surface area contributed by atoms with Crippen molar-refractivity contribution < 1.29 is 75.8 Å². The molecule has 11 atom stereocenters. The summed E-state index contributed by atoms with van der Waals surface area (Å²) in [7, 11) is -10.8. The predicted molar refractivity (Wildman–Crippen MR) is 350 cm³/mol. The number of nitrogens with one attached hydrogen (secondary N) is 7. The van der Waals surface area contributed by atoms with Gasteiger partial charge in [-0.15, -0.1) is 0 Å². The van der Waals surface area contributed by atoms with Gasteiger partial charge in [0.15, 0.2) is 8.32 Å². The lowest BCUT2D eigenvalue weighted by molar-refractivity contribution is -0.122. The number of aryl methyl sites for hydroxylation is 1. The second-order valence-corrected chi connectivity index (χ2v) is 33.1. The fourth-order valence-electron chi connectivity index (χ4n) is 11.0. The molecule has 1 aromatic heterocycles. The average Bonchev–Trinajstić information content (AvgIpc) is 1.66. The van der Waals surface area contributed by atoms with Crippen LogP contribution in [0.15, 0.2) is 11.0 Å². The van der Waals surface area contributed by atoms with Gasteiger partial charge in [0.1, 0.15) is 36.5 Å². The Balaban J connectivity index is 0.935. The highest BCUT2D eigenvalue weighted by atomic mass is 32.2. The number of nitriles is 2. The third-order valence-corrected chi connectivity index (χ3v) is 22.9. The molecule has 522 valence electrons. The van der Waals surface area contributed by atoms with Gasteiger partial charge in [-0.1, -0.05) is 32.1 Å². The standard InChI is InChI=1S/C60H105N11O17P2SSi/c1-45(2)88-92(4,5)39-21-30-63-29-20-37-83-89(78,81-35-18-27-61)86-48-26-38-80-51(48)43-84-90(79,82-36-19-28-62)87-49-40-56(85-50(49)42-72)71-41-46(3)58(70-60(71)77)67-34-15-7-6-14-31-64-53(73)23-10-8-16-32-65-54(74)24-11-9-17-33-66-55(75)25-13-12-22-52-57-47(44-91-52)68-59(76)69-57/h41,45,47-52,56-57,63,72H,6-26,29-40,42-44H2,1-5H3,(H,64,73)(H,65,74)(H,66,75)(H,67,70,77)(H2,68,69,76)/i38T,72D. The first-order chi connectivity index (χ1) is 45.1. The Labute approximate surface area is 551 Å². The molecule has 0 aromatic carbocycles. The van der Waals surface area contributed by atoms with Crippen molar-refractivity contribution in [3.05, 3.63) is 22.2 Å². The highest BCUT2D eigenvalue weighted by Crippen LogP contribution is 2.55. The molecular formula is C60H105N11O17P2SSi. The maximum Gasteiger partial charge on any atom is 0.475 e. The van der Waals surface area contributed by atoms with E-state index >= 15 is 0 Å². The molecule has 11 unspecified atom stereocenters. The topological polar surface area (TPSA) is 372 Å². The lowest BCUT2D eigenvalue weighted by Gasteiger charge is -2.27. The molecule has 4 aliphatic heterocycles. The fourth-order valence-corrected chi connectivity index (χ4v) is 17.8. The van der Waals surface area contributed by atoms with Crippen molar-refractivity contribution in [2.45, 2.75) is 235 Å². The molecule has 5 heterocycles. The van der Waals surface area contributed by atoms with Gasteiger partial charge < -0.3 is 56.2 Å². The number of ether oxygens (including phenoxy) is 2. The summed E-state index contributed by atoms with van der Waals surface area (Å²) in [6.07, 6.45) is 9.35. The summed E-state index contributed by atoms with van der Waals surface area (Å²) >= 11 is 1.89. The summed E-state index contributed by atoms with van der Waals surface area (Å²) in [5.41, 5.74) is -0.0241. The smallest absolute Gasteiger partial charge is 0.415 e. The van der Waals surface area contributed by atoms with E-state index in [0.29, 0.717) is 75.0 Å². The molecule has 0 bridgehead atoms. The first-order valence-corrected chi connectivity index (χ1v) is 40.1. The molecular weight excluding hydrogens is 1270 g/mol. The van der Waals surface area contributed by atoms with E-state index < -0.39 is 73.5 Å². The average molecular weight is 1380 g/mol. The van der Waals surface area contributed by atoms with E-state index in [1.807, 2.05) is 37.7 Å². The van der Waals surface area contributed by atoms with Crippen LogP contribution in [-0.2, 0) is 64.6 Å². The molecule has 0 saturated carbocycles. The lowest BCUT2D eigenvalue weighted by atomic mass is 10.0. The van der Waals surface area contributed by atoms with Crippen molar-refractivity contribution in [1.82, 2.24) is 41.5 Å². The monoisotopic (exact) mass is 1380 g/mol. The van der Waals surface area contributed by atoms with E-state index in [4.69, 9.17) is 49.1 Å². The molecule has 4 fully saturated rings. The van der Waals surface area contributed by atoms with E-state index in [9.17, 15) is 38.4 Å². The van der Waals surface area contributed by atoms with Gasteiger partial charge in [-0.3, -0.25) is 46.1 Å². The largest absolute Gasteiger partial charge is 0.475 e. The first-order valence-electron chi connectivity index (χ1n) is 34.0. The minimum absolute atomic E-state index is 0.000458. The molecule has 4 aliphatic rings. The second kappa shape index (κ2) is 43.2. The molecule has 0 spiro atoms. The summed E-state index contributed by atoms with van der Waals surface area (Å²) in [5.74, 6) is 1.39. The van der Waals surface area contributed by atoms with E-state index in [2.05, 4.69) is 60.4 Å². The summed E-state index contributed by atoms with van der Waals surface area (Å²) in [6, 6.07) is 5.14. The first kappa shape index (κ1) is 75.3. The number of aromatic nitrogens is 2. The fraction of sp³-hybridized carbons (Fsp3) is 0.833. The van der Waals surface area contributed by atoms with Crippen LogP contribution < -0.4 is 42.9 Å². The highest BCUT2D eigenvalue weighted by molar-refractivity contribution is 8.00. The summed E-state index contributed by atoms with van der Waals surface area (Å²) in [5, 5.41) is 45.0. The molecule has 0 radical (unpaired) electrons.